The van der Waals surface area contributed by atoms with E-state index in [9.17, 15) is 4.79 Å². The van der Waals surface area contributed by atoms with E-state index in [1.54, 1.807) is 22.7 Å². The first kappa shape index (κ1) is 24.7. The third-order valence-electron chi connectivity index (χ3n) is 5.81. The second kappa shape index (κ2) is 10.4. The van der Waals surface area contributed by atoms with Gasteiger partial charge in [0.15, 0.2) is 0 Å². The van der Waals surface area contributed by atoms with Gasteiger partial charge < -0.3 is 10.1 Å². The predicted molar refractivity (Wildman–Crippen MR) is 145 cm³/mol. The highest BCUT2D eigenvalue weighted by molar-refractivity contribution is 7.23. The quantitative estimate of drug-likeness (QED) is 0.306. The van der Waals surface area contributed by atoms with Crippen LogP contribution in [0.15, 0.2) is 48.5 Å². The van der Waals surface area contributed by atoms with Crippen LogP contribution in [0.3, 0.4) is 0 Å². The molecule has 5 nitrogen and oxygen atoms in total. The van der Waals surface area contributed by atoms with Crippen molar-refractivity contribution < 1.29 is 9.53 Å². The molecule has 5 rings (SSSR count). The van der Waals surface area contributed by atoms with E-state index < -0.39 is 0 Å². The van der Waals surface area contributed by atoms with Crippen molar-refractivity contribution in [2.24, 2.45) is 0 Å². The molecule has 3 heterocycles. The molecule has 1 aliphatic heterocycles. The molecule has 1 N–H and O–H groups in total. The molecule has 0 atom stereocenters. The Morgan fingerprint density at radius 1 is 1.15 bits per heavy atom. The van der Waals surface area contributed by atoms with Crippen molar-refractivity contribution in [1.29, 1.82) is 0 Å². The monoisotopic (exact) mass is 513 g/mol. The van der Waals surface area contributed by atoms with Gasteiger partial charge in [0.2, 0.25) is 0 Å². The number of anilines is 1. The van der Waals surface area contributed by atoms with Gasteiger partial charge in [-0.3, -0.25) is 9.69 Å². The van der Waals surface area contributed by atoms with Crippen LogP contribution in [0.1, 0.15) is 41.6 Å². The lowest BCUT2D eigenvalue weighted by molar-refractivity contribution is 0.102. The standard InChI is InChI=1S/C26H27N3O2S2.ClH/c1-4-29-14-13-19-22(15-29)33-26(23(19)25-27-20-7-5-6-8-21(20)32-25)28-24(30)17-9-11-18(12-10-17)31-16(2)3;/h5-12,16H,4,13-15H2,1-3H3,(H,28,30);1H. The summed E-state index contributed by atoms with van der Waals surface area (Å²) in [7, 11) is 0. The van der Waals surface area contributed by atoms with E-state index in [0.717, 1.165) is 57.6 Å². The van der Waals surface area contributed by atoms with E-state index in [-0.39, 0.29) is 24.4 Å². The maximum absolute atomic E-state index is 13.2. The average Bonchev–Trinajstić information content (AvgIpc) is 3.38. The maximum atomic E-state index is 13.2. The van der Waals surface area contributed by atoms with E-state index in [2.05, 4.69) is 23.2 Å². The van der Waals surface area contributed by atoms with E-state index in [0.29, 0.717) is 5.56 Å². The Kier molecular flexibility index (Phi) is 7.57. The van der Waals surface area contributed by atoms with Crippen LogP contribution in [0.4, 0.5) is 5.00 Å². The zero-order valence-electron chi connectivity index (χ0n) is 19.5. The zero-order valence-corrected chi connectivity index (χ0v) is 21.9. The summed E-state index contributed by atoms with van der Waals surface area (Å²) in [5.41, 5.74) is 4.05. The second-order valence-electron chi connectivity index (χ2n) is 8.46. The number of benzene rings is 2. The smallest absolute Gasteiger partial charge is 0.256 e. The van der Waals surface area contributed by atoms with Gasteiger partial charge in [-0.15, -0.1) is 35.1 Å². The van der Waals surface area contributed by atoms with Crippen molar-refractivity contribution in [1.82, 2.24) is 9.88 Å². The third-order valence-corrected chi connectivity index (χ3v) is 7.99. The largest absolute Gasteiger partial charge is 0.491 e. The molecule has 34 heavy (non-hydrogen) atoms. The van der Waals surface area contributed by atoms with Crippen LogP contribution in [0, 0.1) is 0 Å². The Bertz CT molecular complexity index is 1260. The molecule has 0 bridgehead atoms. The molecule has 2 aromatic heterocycles. The lowest BCUT2D eigenvalue weighted by atomic mass is 10.0. The molecule has 0 unspecified atom stereocenters. The Morgan fingerprint density at radius 2 is 1.91 bits per heavy atom. The number of ether oxygens (including phenoxy) is 1. The second-order valence-corrected chi connectivity index (χ2v) is 10.6. The van der Waals surface area contributed by atoms with Crippen LogP contribution in [-0.4, -0.2) is 35.0 Å². The molecule has 8 heteroatoms. The molecule has 178 valence electrons. The summed E-state index contributed by atoms with van der Waals surface area (Å²) in [6.07, 6.45) is 1.07. The molecule has 1 amide bonds. The summed E-state index contributed by atoms with van der Waals surface area (Å²) in [5, 5.41) is 5.08. The number of thiazole rings is 1. The minimum atomic E-state index is -0.112. The summed E-state index contributed by atoms with van der Waals surface area (Å²) in [5.74, 6) is 0.655. The number of halogens is 1. The zero-order chi connectivity index (χ0) is 22.9. The summed E-state index contributed by atoms with van der Waals surface area (Å²) in [6.45, 7) is 9.15. The number of thiophene rings is 1. The highest BCUT2D eigenvalue weighted by Crippen LogP contribution is 2.45. The molecule has 0 saturated heterocycles. The minimum absolute atomic E-state index is 0. The van der Waals surface area contributed by atoms with E-state index in [4.69, 9.17) is 9.72 Å². The average molecular weight is 514 g/mol. The van der Waals surface area contributed by atoms with Crippen molar-refractivity contribution in [2.75, 3.05) is 18.4 Å². The number of rotatable bonds is 6. The van der Waals surface area contributed by atoms with E-state index >= 15 is 0 Å². The lowest BCUT2D eigenvalue weighted by Crippen LogP contribution is -2.29. The number of para-hydroxylation sites is 1. The van der Waals surface area contributed by atoms with Crippen LogP contribution in [0.5, 0.6) is 5.75 Å². The van der Waals surface area contributed by atoms with Crippen LogP contribution < -0.4 is 10.1 Å². The summed E-state index contributed by atoms with van der Waals surface area (Å²) >= 11 is 3.38. The highest BCUT2D eigenvalue weighted by atomic mass is 35.5. The third kappa shape index (κ3) is 4.98. The van der Waals surface area contributed by atoms with Crippen molar-refractivity contribution in [3.8, 4) is 16.3 Å². The van der Waals surface area contributed by atoms with Crippen molar-refractivity contribution in [3.05, 3.63) is 64.5 Å². The number of carbonyl (C=O) groups is 1. The maximum Gasteiger partial charge on any atom is 0.256 e. The first-order valence-corrected chi connectivity index (χ1v) is 13.0. The summed E-state index contributed by atoms with van der Waals surface area (Å²) < 4.78 is 6.87. The number of nitrogens with zero attached hydrogens (tertiary/aromatic N) is 2. The summed E-state index contributed by atoms with van der Waals surface area (Å²) in [6, 6.07) is 15.5. The molecule has 4 aromatic rings. The van der Waals surface area contributed by atoms with Crippen LogP contribution in [0.25, 0.3) is 20.8 Å². The molecular weight excluding hydrogens is 486 g/mol. The van der Waals surface area contributed by atoms with Crippen molar-refractivity contribution in [2.45, 2.75) is 39.8 Å². The fraction of sp³-hybridized carbons (Fsp3) is 0.308. The van der Waals surface area contributed by atoms with Crippen LogP contribution >= 0.6 is 35.1 Å². The molecule has 0 fully saturated rings. The molecule has 0 aliphatic carbocycles. The number of aromatic nitrogens is 1. The van der Waals surface area contributed by atoms with Gasteiger partial charge in [0.25, 0.3) is 5.91 Å². The Labute approximate surface area is 214 Å². The highest BCUT2D eigenvalue weighted by Gasteiger charge is 2.27. The topological polar surface area (TPSA) is 54.5 Å². The predicted octanol–water partition coefficient (Wildman–Crippen LogP) is 6.86. The number of nitrogens with one attached hydrogen (secondary N) is 1. The lowest BCUT2D eigenvalue weighted by Gasteiger charge is -2.25. The number of likely N-dealkylation sites (N-methyl/N-ethyl adjacent to an activating group) is 1. The van der Waals surface area contributed by atoms with Crippen LogP contribution in [-0.2, 0) is 13.0 Å². The van der Waals surface area contributed by atoms with Gasteiger partial charge in [0.1, 0.15) is 15.8 Å². The van der Waals surface area contributed by atoms with Crippen molar-refractivity contribution >= 4 is 56.2 Å². The Morgan fingerprint density at radius 3 is 2.62 bits per heavy atom. The van der Waals surface area contributed by atoms with Gasteiger partial charge in [0.05, 0.1) is 16.3 Å². The first-order valence-electron chi connectivity index (χ1n) is 11.3. The number of fused-ring (bicyclic) bond motifs is 2. The molecule has 1 aliphatic rings. The first-order chi connectivity index (χ1) is 16.0. The summed E-state index contributed by atoms with van der Waals surface area (Å²) in [4.78, 5) is 21.9. The molecular formula is C26H28ClN3O2S2. The van der Waals surface area contributed by atoms with Gasteiger partial charge in [-0.1, -0.05) is 19.1 Å². The SMILES string of the molecule is CCN1CCc2c(sc(NC(=O)c3ccc(OC(C)C)cc3)c2-c2nc3ccccc3s2)C1.Cl. The van der Waals surface area contributed by atoms with Gasteiger partial charge >= 0.3 is 0 Å². The Hall–Kier alpha value is -2.45. The van der Waals surface area contributed by atoms with Gasteiger partial charge in [0, 0.05) is 29.1 Å². The van der Waals surface area contributed by atoms with Gasteiger partial charge in [-0.2, -0.15) is 0 Å². The van der Waals surface area contributed by atoms with E-state index in [1.807, 2.05) is 56.3 Å². The normalized spacial score (nSPS) is 13.5. The van der Waals surface area contributed by atoms with Crippen molar-refractivity contribution in [3.63, 3.8) is 0 Å². The Balaban J connectivity index is 0.00000274. The van der Waals surface area contributed by atoms with Crippen LogP contribution in [0.2, 0.25) is 0 Å². The fourth-order valence-corrected chi connectivity index (χ4v) is 6.55. The molecule has 0 radical (unpaired) electrons. The number of amides is 1. The number of hydrogen-bond donors (Lipinski definition) is 1. The minimum Gasteiger partial charge on any atom is -0.491 e. The fourth-order valence-electron chi connectivity index (χ4n) is 4.15. The molecule has 0 spiro atoms. The number of carbonyl (C=O) groups excluding carboxylic acids is 1. The number of hydrogen-bond acceptors (Lipinski definition) is 6. The molecule has 0 saturated carbocycles. The van der Waals surface area contributed by atoms with Gasteiger partial charge in [-0.05, 0) is 68.8 Å². The molecule has 2 aromatic carbocycles. The van der Waals surface area contributed by atoms with Gasteiger partial charge in [-0.25, -0.2) is 4.98 Å². The van der Waals surface area contributed by atoms with E-state index in [1.165, 1.54) is 10.4 Å².